The van der Waals surface area contributed by atoms with E-state index in [0.717, 1.165) is 16.3 Å². The summed E-state index contributed by atoms with van der Waals surface area (Å²) in [5.74, 6) is -0.602. The highest BCUT2D eigenvalue weighted by Crippen LogP contribution is 2.32. The predicted octanol–water partition coefficient (Wildman–Crippen LogP) is 5.45. The van der Waals surface area contributed by atoms with Gasteiger partial charge in [0.25, 0.3) is 10.0 Å². The number of carbonyl (C=O) groups excluding carboxylic acids is 2. The Hall–Kier alpha value is -3.27. The molecule has 0 heterocycles. The van der Waals surface area contributed by atoms with Gasteiger partial charge in [0.1, 0.15) is 18.3 Å². The largest absolute Gasteiger partial charge is 0.495 e. The van der Waals surface area contributed by atoms with Crippen molar-refractivity contribution in [3.63, 3.8) is 0 Å². The Bertz CT molecular complexity index is 1450. The second-order valence-corrected chi connectivity index (χ2v) is 11.9. The van der Waals surface area contributed by atoms with Crippen LogP contribution in [0.1, 0.15) is 31.4 Å². The van der Waals surface area contributed by atoms with Crippen molar-refractivity contribution in [2.75, 3.05) is 24.5 Å². The molecule has 214 valence electrons. The first-order valence-corrected chi connectivity index (χ1v) is 14.9. The first kappa shape index (κ1) is 31.3. The Balaban J connectivity index is 2.07. The van der Waals surface area contributed by atoms with Gasteiger partial charge in [0, 0.05) is 18.1 Å². The van der Waals surface area contributed by atoms with Crippen molar-refractivity contribution >= 4 is 50.7 Å². The lowest BCUT2D eigenvalue weighted by Crippen LogP contribution is -2.51. The first-order chi connectivity index (χ1) is 19.0. The van der Waals surface area contributed by atoms with Crippen molar-refractivity contribution in [3.05, 3.63) is 87.9 Å². The van der Waals surface area contributed by atoms with Crippen LogP contribution in [0.2, 0.25) is 10.0 Å². The molecule has 0 spiro atoms. The number of halogens is 2. The number of nitrogens with one attached hydrogen (secondary N) is 1. The lowest BCUT2D eigenvalue weighted by Gasteiger charge is -2.32. The second kappa shape index (κ2) is 13.9. The number of rotatable bonds is 12. The van der Waals surface area contributed by atoms with E-state index in [-0.39, 0.29) is 28.1 Å². The third-order valence-electron chi connectivity index (χ3n) is 6.33. The molecular weight excluding hydrogens is 573 g/mol. The molecule has 11 heteroatoms. The quantitative estimate of drug-likeness (QED) is 0.296. The maximum Gasteiger partial charge on any atom is 0.264 e. The zero-order valence-electron chi connectivity index (χ0n) is 22.9. The Kier molecular flexibility index (Phi) is 10.8. The van der Waals surface area contributed by atoms with Crippen LogP contribution in [0.3, 0.4) is 0 Å². The number of hydrogen-bond acceptors (Lipinski definition) is 5. The van der Waals surface area contributed by atoms with Gasteiger partial charge in [-0.05, 0) is 62.2 Å². The topological polar surface area (TPSA) is 96.0 Å². The number of aryl methyl sites for hydroxylation is 1. The van der Waals surface area contributed by atoms with E-state index in [4.69, 9.17) is 27.9 Å². The molecule has 0 saturated carbocycles. The second-order valence-electron chi connectivity index (χ2n) is 9.22. The fourth-order valence-electron chi connectivity index (χ4n) is 3.97. The van der Waals surface area contributed by atoms with Crippen LogP contribution in [-0.2, 0) is 26.2 Å². The highest BCUT2D eigenvalue weighted by Gasteiger charge is 2.33. The minimum atomic E-state index is -4.22. The van der Waals surface area contributed by atoms with E-state index in [1.807, 2.05) is 13.8 Å². The summed E-state index contributed by atoms with van der Waals surface area (Å²) in [4.78, 5) is 28.2. The molecule has 2 amide bonds. The number of sulfonamides is 1. The average Bonchev–Trinajstić information content (AvgIpc) is 2.93. The molecule has 0 radical (unpaired) electrons. The van der Waals surface area contributed by atoms with Gasteiger partial charge in [0.2, 0.25) is 11.8 Å². The summed E-state index contributed by atoms with van der Waals surface area (Å²) < 4.78 is 34.0. The maximum atomic E-state index is 13.9. The van der Waals surface area contributed by atoms with Crippen molar-refractivity contribution in [3.8, 4) is 5.75 Å². The van der Waals surface area contributed by atoms with Crippen LogP contribution in [-0.4, -0.2) is 51.4 Å². The predicted molar refractivity (Wildman–Crippen MR) is 158 cm³/mol. The number of ether oxygens (including phenoxy) is 1. The van der Waals surface area contributed by atoms with Gasteiger partial charge in [-0.15, -0.1) is 0 Å². The molecule has 1 atom stereocenters. The molecule has 3 rings (SSSR count). The molecule has 0 unspecified atom stereocenters. The van der Waals surface area contributed by atoms with Crippen LogP contribution in [0.25, 0.3) is 0 Å². The summed E-state index contributed by atoms with van der Waals surface area (Å²) in [5, 5.41) is 3.41. The third kappa shape index (κ3) is 7.47. The molecule has 40 heavy (non-hydrogen) atoms. The summed E-state index contributed by atoms with van der Waals surface area (Å²) in [6.07, 6.45) is 0.720. The van der Waals surface area contributed by atoms with Crippen LogP contribution in [0.5, 0.6) is 5.75 Å². The van der Waals surface area contributed by atoms with Gasteiger partial charge in [-0.25, -0.2) is 8.42 Å². The van der Waals surface area contributed by atoms with Gasteiger partial charge in [-0.2, -0.15) is 0 Å². The molecule has 0 aliphatic rings. The first-order valence-electron chi connectivity index (χ1n) is 12.7. The van der Waals surface area contributed by atoms with Crippen LogP contribution >= 0.6 is 23.2 Å². The summed E-state index contributed by atoms with van der Waals surface area (Å²) in [5.41, 5.74) is 1.67. The molecule has 0 bridgehead atoms. The van der Waals surface area contributed by atoms with E-state index in [9.17, 15) is 18.0 Å². The Labute approximate surface area is 245 Å². The molecule has 8 nitrogen and oxygen atoms in total. The fraction of sp³-hybridized carbons (Fsp3) is 0.310. The van der Waals surface area contributed by atoms with Gasteiger partial charge in [0.15, 0.2) is 0 Å². The molecule has 0 aromatic heterocycles. The SMILES string of the molecule is CCCNC(=O)[C@H](C)N(Cc1ccccc1Cl)C(=O)CN(c1ccc(OC)c(Cl)c1)S(=O)(=O)c1ccc(C)cc1. The number of nitrogens with zero attached hydrogens (tertiary/aromatic N) is 2. The van der Waals surface area contributed by atoms with E-state index in [0.29, 0.717) is 22.9 Å². The number of amides is 2. The minimum Gasteiger partial charge on any atom is -0.495 e. The molecular formula is C29H33Cl2N3O5S. The number of anilines is 1. The fourth-order valence-corrected chi connectivity index (χ4v) is 5.82. The van der Waals surface area contributed by atoms with E-state index in [2.05, 4.69) is 5.32 Å². The number of hydrogen-bond donors (Lipinski definition) is 1. The van der Waals surface area contributed by atoms with Gasteiger partial charge in [0.05, 0.1) is 22.7 Å². The Morgan fingerprint density at radius 3 is 2.27 bits per heavy atom. The van der Waals surface area contributed by atoms with E-state index in [1.54, 1.807) is 43.3 Å². The van der Waals surface area contributed by atoms with Crippen molar-refractivity contribution < 1.29 is 22.7 Å². The number of benzene rings is 3. The summed E-state index contributed by atoms with van der Waals surface area (Å²) in [6.45, 7) is 5.22. The maximum absolute atomic E-state index is 13.9. The van der Waals surface area contributed by atoms with E-state index < -0.39 is 28.5 Å². The van der Waals surface area contributed by atoms with Crippen molar-refractivity contribution in [2.24, 2.45) is 0 Å². The molecule has 0 aliphatic heterocycles. The zero-order chi connectivity index (χ0) is 29.4. The van der Waals surface area contributed by atoms with Gasteiger partial charge < -0.3 is 15.0 Å². The lowest BCUT2D eigenvalue weighted by atomic mass is 10.1. The third-order valence-corrected chi connectivity index (χ3v) is 8.78. The monoisotopic (exact) mass is 605 g/mol. The molecule has 0 saturated heterocycles. The minimum absolute atomic E-state index is 0.000998. The van der Waals surface area contributed by atoms with Crippen molar-refractivity contribution in [1.29, 1.82) is 0 Å². The van der Waals surface area contributed by atoms with E-state index >= 15 is 0 Å². The van der Waals surface area contributed by atoms with Crippen LogP contribution < -0.4 is 14.4 Å². The Morgan fingerprint density at radius 1 is 1.00 bits per heavy atom. The summed E-state index contributed by atoms with van der Waals surface area (Å²) in [6, 6.07) is 16.9. The van der Waals surface area contributed by atoms with Gasteiger partial charge in [-0.1, -0.05) is 66.0 Å². The van der Waals surface area contributed by atoms with Crippen LogP contribution in [0.4, 0.5) is 5.69 Å². The van der Waals surface area contributed by atoms with Crippen LogP contribution in [0, 0.1) is 6.92 Å². The number of carbonyl (C=O) groups is 2. The smallest absolute Gasteiger partial charge is 0.264 e. The highest BCUT2D eigenvalue weighted by atomic mass is 35.5. The van der Waals surface area contributed by atoms with Gasteiger partial charge >= 0.3 is 0 Å². The highest BCUT2D eigenvalue weighted by molar-refractivity contribution is 7.92. The molecule has 0 fully saturated rings. The molecule has 3 aromatic carbocycles. The summed E-state index contributed by atoms with van der Waals surface area (Å²) in [7, 11) is -2.77. The average molecular weight is 607 g/mol. The van der Waals surface area contributed by atoms with Gasteiger partial charge in [-0.3, -0.25) is 13.9 Å². The zero-order valence-corrected chi connectivity index (χ0v) is 25.2. The summed E-state index contributed by atoms with van der Waals surface area (Å²) >= 11 is 12.7. The molecule has 1 N–H and O–H groups in total. The molecule has 0 aliphatic carbocycles. The Morgan fingerprint density at radius 2 is 1.68 bits per heavy atom. The normalized spacial score (nSPS) is 11.9. The standard InChI is InChI=1S/C29H33Cl2N3O5S/c1-5-16-32-29(36)21(3)33(18-22-8-6-7-9-25(22)30)28(35)19-34(23-12-15-27(39-4)26(31)17-23)40(37,38)24-13-10-20(2)11-14-24/h6-15,17,21H,5,16,18-19H2,1-4H3,(H,32,36)/t21-/m0/s1. The molecule has 3 aromatic rings. The van der Waals surface area contributed by atoms with Crippen molar-refractivity contribution in [1.82, 2.24) is 10.2 Å². The lowest BCUT2D eigenvalue weighted by molar-refractivity contribution is -0.139. The van der Waals surface area contributed by atoms with Crippen molar-refractivity contribution in [2.45, 2.75) is 44.7 Å². The van der Waals surface area contributed by atoms with Crippen LogP contribution in [0.15, 0.2) is 71.6 Å². The number of methoxy groups -OCH3 is 1. The van der Waals surface area contributed by atoms with E-state index in [1.165, 1.54) is 42.3 Å².